The van der Waals surface area contributed by atoms with Gasteiger partial charge in [0.25, 0.3) is 5.91 Å². The predicted molar refractivity (Wildman–Crippen MR) is 96.7 cm³/mol. The molecule has 0 bridgehead atoms. The molecule has 0 aliphatic heterocycles. The van der Waals surface area contributed by atoms with Crippen molar-refractivity contribution >= 4 is 27.3 Å². The van der Waals surface area contributed by atoms with Crippen LogP contribution in [-0.2, 0) is 16.6 Å². The second kappa shape index (κ2) is 7.63. The number of aryl methyl sites for hydroxylation is 1. The highest BCUT2D eigenvalue weighted by Gasteiger charge is 2.23. The maximum absolute atomic E-state index is 14.0. The fourth-order valence-corrected chi connectivity index (χ4v) is 4.60. The first-order chi connectivity index (χ1) is 11.6. The van der Waals surface area contributed by atoms with Gasteiger partial charge in [-0.3, -0.25) is 4.79 Å². The zero-order valence-electron chi connectivity index (χ0n) is 14.5. The molecule has 1 heterocycles. The SMILES string of the molecule is Cc1ccsc1CN(C)C(=O)c1ccc(F)c(S(=O)(=O)NC(C)C)c1. The van der Waals surface area contributed by atoms with Gasteiger partial charge in [-0.2, -0.15) is 0 Å². The summed E-state index contributed by atoms with van der Waals surface area (Å²) in [5, 5.41) is 1.95. The fraction of sp³-hybridized carbons (Fsp3) is 0.353. The average molecular weight is 384 g/mol. The molecule has 1 aromatic carbocycles. The van der Waals surface area contributed by atoms with E-state index in [1.165, 1.54) is 11.0 Å². The van der Waals surface area contributed by atoms with E-state index in [0.717, 1.165) is 22.6 Å². The zero-order valence-corrected chi connectivity index (χ0v) is 16.2. The number of nitrogens with one attached hydrogen (secondary N) is 1. The molecule has 0 spiro atoms. The minimum atomic E-state index is -4.02. The molecule has 0 aliphatic rings. The number of amides is 1. The van der Waals surface area contributed by atoms with Gasteiger partial charge in [0.1, 0.15) is 10.7 Å². The van der Waals surface area contributed by atoms with Crippen molar-refractivity contribution in [2.45, 2.75) is 38.3 Å². The molecule has 1 N–H and O–H groups in total. The summed E-state index contributed by atoms with van der Waals surface area (Å²) in [6.45, 7) is 5.65. The van der Waals surface area contributed by atoms with Crippen molar-refractivity contribution in [1.29, 1.82) is 0 Å². The van der Waals surface area contributed by atoms with E-state index in [1.807, 2.05) is 18.4 Å². The number of sulfonamides is 1. The number of nitrogens with zero attached hydrogens (tertiary/aromatic N) is 1. The van der Waals surface area contributed by atoms with Crippen LogP contribution in [0.1, 0.15) is 34.6 Å². The van der Waals surface area contributed by atoms with E-state index in [2.05, 4.69) is 4.72 Å². The summed E-state index contributed by atoms with van der Waals surface area (Å²) in [6, 6.07) is 4.97. The topological polar surface area (TPSA) is 66.5 Å². The average Bonchev–Trinajstić information content (AvgIpc) is 2.90. The molecule has 0 saturated carbocycles. The van der Waals surface area contributed by atoms with Crippen molar-refractivity contribution in [1.82, 2.24) is 9.62 Å². The lowest BCUT2D eigenvalue weighted by molar-refractivity contribution is 0.0786. The van der Waals surface area contributed by atoms with E-state index >= 15 is 0 Å². The van der Waals surface area contributed by atoms with Gasteiger partial charge in [-0.05, 0) is 56.0 Å². The number of rotatable bonds is 6. The summed E-state index contributed by atoms with van der Waals surface area (Å²) in [5.41, 5.74) is 1.22. The molecule has 0 saturated heterocycles. The third-order valence-corrected chi connectivity index (χ3v) is 6.24. The van der Waals surface area contributed by atoms with E-state index < -0.39 is 20.7 Å². The summed E-state index contributed by atoms with van der Waals surface area (Å²) >= 11 is 1.55. The summed E-state index contributed by atoms with van der Waals surface area (Å²) in [5.74, 6) is -1.25. The molecule has 0 aliphatic carbocycles. The molecule has 0 atom stereocenters. The largest absolute Gasteiger partial charge is 0.337 e. The molecule has 0 radical (unpaired) electrons. The second-order valence-corrected chi connectivity index (χ2v) is 8.79. The highest BCUT2D eigenvalue weighted by Crippen LogP contribution is 2.21. The van der Waals surface area contributed by atoms with Gasteiger partial charge < -0.3 is 4.90 Å². The number of carbonyl (C=O) groups excluding carboxylic acids is 1. The van der Waals surface area contributed by atoms with Crippen LogP contribution in [0.3, 0.4) is 0 Å². The standard InChI is InChI=1S/C17H21FN2O3S2/c1-11(2)19-25(22,23)16-9-13(5-6-14(16)18)17(21)20(4)10-15-12(3)7-8-24-15/h5-9,11,19H,10H2,1-4H3. The van der Waals surface area contributed by atoms with Crippen LogP contribution in [0.2, 0.25) is 0 Å². The Hall–Kier alpha value is -1.77. The molecular formula is C17H21FN2O3S2. The molecule has 8 heteroatoms. The predicted octanol–water partition coefficient (Wildman–Crippen LogP) is 3.15. The molecule has 25 heavy (non-hydrogen) atoms. The van der Waals surface area contributed by atoms with Crippen molar-refractivity contribution < 1.29 is 17.6 Å². The Balaban J connectivity index is 2.29. The number of benzene rings is 1. The third kappa shape index (κ3) is 4.65. The highest BCUT2D eigenvalue weighted by atomic mass is 32.2. The number of halogens is 1. The Morgan fingerprint density at radius 3 is 2.56 bits per heavy atom. The van der Waals surface area contributed by atoms with E-state index in [1.54, 1.807) is 32.2 Å². The maximum atomic E-state index is 14.0. The van der Waals surface area contributed by atoms with Crippen molar-refractivity contribution in [3.63, 3.8) is 0 Å². The van der Waals surface area contributed by atoms with E-state index in [4.69, 9.17) is 0 Å². The van der Waals surface area contributed by atoms with Gasteiger partial charge in [0.05, 0.1) is 6.54 Å². The molecule has 5 nitrogen and oxygen atoms in total. The van der Waals surface area contributed by atoms with Crippen LogP contribution in [0.15, 0.2) is 34.5 Å². The smallest absolute Gasteiger partial charge is 0.253 e. The highest BCUT2D eigenvalue weighted by molar-refractivity contribution is 7.89. The lowest BCUT2D eigenvalue weighted by Gasteiger charge is -2.18. The Labute approximate surface area is 151 Å². The Morgan fingerprint density at radius 2 is 2.00 bits per heavy atom. The lowest BCUT2D eigenvalue weighted by atomic mass is 10.2. The zero-order chi connectivity index (χ0) is 18.8. The molecule has 1 amide bonds. The van der Waals surface area contributed by atoms with Crippen LogP contribution >= 0.6 is 11.3 Å². The van der Waals surface area contributed by atoms with Crippen molar-refractivity contribution in [3.8, 4) is 0 Å². The molecule has 2 aromatic rings. The molecule has 136 valence electrons. The van der Waals surface area contributed by atoms with Gasteiger partial charge in [0.15, 0.2) is 0 Å². The second-order valence-electron chi connectivity index (χ2n) is 6.11. The minimum absolute atomic E-state index is 0.127. The quantitative estimate of drug-likeness (QED) is 0.832. The van der Waals surface area contributed by atoms with Crippen LogP contribution in [0.5, 0.6) is 0 Å². The monoisotopic (exact) mass is 384 g/mol. The Morgan fingerprint density at radius 1 is 1.32 bits per heavy atom. The van der Waals surface area contributed by atoms with Crippen LogP contribution < -0.4 is 4.72 Å². The molecule has 1 aromatic heterocycles. The summed E-state index contributed by atoms with van der Waals surface area (Å²) in [6.07, 6.45) is 0. The summed E-state index contributed by atoms with van der Waals surface area (Å²) in [7, 11) is -2.39. The summed E-state index contributed by atoms with van der Waals surface area (Å²) in [4.78, 5) is 14.6. The third-order valence-electron chi connectivity index (χ3n) is 3.55. The van der Waals surface area contributed by atoms with Crippen LogP contribution in [0.25, 0.3) is 0 Å². The van der Waals surface area contributed by atoms with E-state index in [-0.39, 0.29) is 17.5 Å². The molecular weight excluding hydrogens is 363 g/mol. The van der Waals surface area contributed by atoms with Crippen molar-refractivity contribution in [3.05, 3.63) is 51.5 Å². The van der Waals surface area contributed by atoms with Crippen LogP contribution in [0, 0.1) is 12.7 Å². The van der Waals surface area contributed by atoms with Gasteiger partial charge in [-0.15, -0.1) is 11.3 Å². The first kappa shape index (κ1) is 19.6. The van der Waals surface area contributed by atoms with Gasteiger partial charge in [-0.1, -0.05) is 0 Å². The maximum Gasteiger partial charge on any atom is 0.253 e. The first-order valence-corrected chi connectivity index (χ1v) is 10.1. The van der Waals surface area contributed by atoms with Gasteiger partial charge in [0.2, 0.25) is 10.0 Å². The molecule has 0 fully saturated rings. The molecule has 0 unspecified atom stereocenters. The molecule has 2 rings (SSSR count). The van der Waals surface area contributed by atoms with Gasteiger partial charge >= 0.3 is 0 Å². The Bertz CT molecular complexity index is 876. The van der Waals surface area contributed by atoms with E-state index in [0.29, 0.717) is 6.54 Å². The fourth-order valence-electron chi connectivity index (χ4n) is 2.29. The number of carbonyl (C=O) groups is 1. The number of hydrogen-bond donors (Lipinski definition) is 1. The van der Waals surface area contributed by atoms with E-state index in [9.17, 15) is 17.6 Å². The van der Waals surface area contributed by atoms with Crippen molar-refractivity contribution in [2.24, 2.45) is 0 Å². The van der Waals surface area contributed by atoms with Crippen LogP contribution in [0.4, 0.5) is 4.39 Å². The normalized spacial score (nSPS) is 11.8. The minimum Gasteiger partial charge on any atom is -0.337 e. The van der Waals surface area contributed by atoms with Gasteiger partial charge in [-0.25, -0.2) is 17.5 Å². The number of thiophene rings is 1. The lowest BCUT2D eigenvalue weighted by Crippen LogP contribution is -2.31. The summed E-state index contributed by atoms with van der Waals surface area (Å²) < 4.78 is 40.8. The van der Waals surface area contributed by atoms with Gasteiger partial charge in [0, 0.05) is 23.5 Å². The van der Waals surface area contributed by atoms with Crippen molar-refractivity contribution in [2.75, 3.05) is 7.05 Å². The first-order valence-electron chi connectivity index (χ1n) is 7.72. The van der Waals surface area contributed by atoms with Crippen LogP contribution in [-0.4, -0.2) is 32.3 Å². The Kier molecular flexibility index (Phi) is 5.97. The number of hydrogen-bond acceptors (Lipinski definition) is 4.